The number of carbonyl (C=O) groups excluding carboxylic acids is 1. The first-order valence-electron chi connectivity index (χ1n) is 7.23. The summed E-state index contributed by atoms with van der Waals surface area (Å²) in [7, 11) is 0. The first kappa shape index (κ1) is 16.3. The zero-order valence-electron chi connectivity index (χ0n) is 13.9. The van der Waals surface area contributed by atoms with E-state index in [-0.39, 0.29) is 22.5 Å². The minimum atomic E-state index is -0.444. The molecule has 0 saturated heterocycles. The third-order valence-corrected chi connectivity index (χ3v) is 3.50. The van der Waals surface area contributed by atoms with Crippen molar-refractivity contribution in [3.8, 4) is 0 Å². The van der Waals surface area contributed by atoms with Gasteiger partial charge in [0.05, 0.1) is 0 Å². The second kappa shape index (κ2) is 4.68. The Kier molecular flexibility index (Phi) is 4.02. The standard InChI is InChI=1S/C16H31NO2/c1-13(2,3)19-12(18)17-16(8)10-14(4,5)9-15(6,7)11-16/h9-11H2,1-8H3,(H,17,18). The quantitative estimate of drug-likeness (QED) is 0.760. The van der Waals surface area contributed by atoms with Crippen LogP contribution in [0.15, 0.2) is 0 Å². The van der Waals surface area contributed by atoms with Gasteiger partial charge in [0.15, 0.2) is 0 Å². The summed E-state index contributed by atoms with van der Waals surface area (Å²) < 4.78 is 5.39. The van der Waals surface area contributed by atoms with Crippen LogP contribution in [0.3, 0.4) is 0 Å². The van der Waals surface area contributed by atoms with Gasteiger partial charge >= 0.3 is 6.09 Å². The van der Waals surface area contributed by atoms with Crippen LogP contribution in [-0.4, -0.2) is 17.2 Å². The largest absolute Gasteiger partial charge is 0.444 e. The smallest absolute Gasteiger partial charge is 0.408 e. The lowest BCUT2D eigenvalue weighted by Crippen LogP contribution is -2.55. The van der Waals surface area contributed by atoms with E-state index in [4.69, 9.17) is 4.74 Å². The van der Waals surface area contributed by atoms with Gasteiger partial charge in [-0.3, -0.25) is 0 Å². The molecular formula is C16H31NO2. The fraction of sp³-hybridized carbons (Fsp3) is 0.938. The molecular weight excluding hydrogens is 238 g/mol. The highest BCUT2D eigenvalue weighted by Crippen LogP contribution is 2.49. The van der Waals surface area contributed by atoms with Crippen LogP contribution in [0.25, 0.3) is 0 Å². The Morgan fingerprint density at radius 2 is 1.37 bits per heavy atom. The molecule has 0 aliphatic heterocycles. The summed E-state index contributed by atoms with van der Waals surface area (Å²) in [4.78, 5) is 12.0. The van der Waals surface area contributed by atoms with Gasteiger partial charge in [-0.1, -0.05) is 27.7 Å². The van der Waals surface area contributed by atoms with Crippen LogP contribution in [0.1, 0.15) is 74.7 Å². The van der Waals surface area contributed by atoms with Crippen molar-refractivity contribution in [1.29, 1.82) is 0 Å². The number of nitrogens with one attached hydrogen (secondary N) is 1. The number of alkyl carbamates (subject to hydrolysis) is 1. The molecule has 0 heterocycles. The summed E-state index contributed by atoms with van der Waals surface area (Å²) in [6.45, 7) is 16.9. The molecule has 0 bridgehead atoms. The third kappa shape index (κ3) is 5.42. The van der Waals surface area contributed by atoms with Crippen molar-refractivity contribution in [1.82, 2.24) is 5.32 Å². The van der Waals surface area contributed by atoms with E-state index in [1.54, 1.807) is 0 Å². The lowest BCUT2D eigenvalue weighted by atomic mass is 9.59. The Labute approximate surface area is 118 Å². The van der Waals surface area contributed by atoms with Crippen molar-refractivity contribution < 1.29 is 9.53 Å². The van der Waals surface area contributed by atoms with E-state index in [0.29, 0.717) is 0 Å². The SMILES string of the molecule is CC1(C)CC(C)(C)CC(C)(NC(=O)OC(C)(C)C)C1. The second-order valence-electron chi connectivity index (χ2n) is 9.05. The van der Waals surface area contributed by atoms with Crippen molar-refractivity contribution in [2.75, 3.05) is 0 Å². The minimum absolute atomic E-state index is 0.187. The van der Waals surface area contributed by atoms with Gasteiger partial charge in [0, 0.05) is 5.54 Å². The molecule has 0 spiro atoms. The van der Waals surface area contributed by atoms with E-state index in [0.717, 1.165) is 12.8 Å². The predicted octanol–water partition coefficient (Wildman–Crippen LogP) is 4.51. The topological polar surface area (TPSA) is 38.3 Å². The number of hydrogen-bond donors (Lipinski definition) is 1. The monoisotopic (exact) mass is 269 g/mol. The number of ether oxygens (including phenoxy) is 1. The second-order valence-corrected chi connectivity index (χ2v) is 9.05. The minimum Gasteiger partial charge on any atom is -0.444 e. The number of hydrogen-bond acceptors (Lipinski definition) is 2. The van der Waals surface area contributed by atoms with Gasteiger partial charge in [-0.05, 0) is 57.8 Å². The summed E-state index contributed by atoms with van der Waals surface area (Å²) in [5.74, 6) is 0. The molecule has 112 valence electrons. The molecule has 1 rings (SSSR count). The summed E-state index contributed by atoms with van der Waals surface area (Å²) in [5.41, 5.74) is -0.148. The predicted molar refractivity (Wildman–Crippen MR) is 79.2 cm³/mol. The maximum Gasteiger partial charge on any atom is 0.408 e. The summed E-state index contributed by atoms with van der Waals surface area (Å²) >= 11 is 0. The zero-order chi connectivity index (χ0) is 15.1. The van der Waals surface area contributed by atoms with Crippen molar-refractivity contribution in [2.24, 2.45) is 10.8 Å². The Hall–Kier alpha value is -0.730. The van der Waals surface area contributed by atoms with E-state index in [9.17, 15) is 4.79 Å². The number of carbonyl (C=O) groups is 1. The van der Waals surface area contributed by atoms with Crippen molar-refractivity contribution in [3.63, 3.8) is 0 Å². The molecule has 1 amide bonds. The highest BCUT2D eigenvalue weighted by molar-refractivity contribution is 5.68. The third-order valence-electron chi connectivity index (χ3n) is 3.50. The number of rotatable bonds is 1. The Morgan fingerprint density at radius 1 is 0.947 bits per heavy atom. The lowest BCUT2D eigenvalue weighted by molar-refractivity contribution is 0.0147. The van der Waals surface area contributed by atoms with E-state index in [2.05, 4.69) is 39.9 Å². The van der Waals surface area contributed by atoms with Crippen molar-refractivity contribution in [3.05, 3.63) is 0 Å². The number of amides is 1. The molecule has 0 aromatic carbocycles. The Bertz CT molecular complexity index is 334. The first-order valence-corrected chi connectivity index (χ1v) is 7.23. The molecule has 1 saturated carbocycles. The van der Waals surface area contributed by atoms with Gasteiger partial charge in [-0.2, -0.15) is 0 Å². The molecule has 0 radical (unpaired) electrons. The maximum atomic E-state index is 12.0. The van der Waals surface area contributed by atoms with Gasteiger partial charge in [0.1, 0.15) is 5.60 Å². The summed E-state index contributed by atoms with van der Waals surface area (Å²) in [6.07, 6.45) is 2.86. The van der Waals surface area contributed by atoms with Crippen LogP contribution in [0, 0.1) is 10.8 Å². The highest BCUT2D eigenvalue weighted by Gasteiger charge is 2.45. The fourth-order valence-corrected chi connectivity index (χ4v) is 4.23. The summed E-state index contributed by atoms with van der Waals surface area (Å²) in [6, 6.07) is 0. The molecule has 3 heteroatoms. The van der Waals surface area contributed by atoms with E-state index < -0.39 is 5.60 Å². The van der Waals surface area contributed by atoms with Gasteiger partial charge in [-0.15, -0.1) is 0 Å². The van der Waals surface area contributed by atoms with Crippen LogP contribution < -0.4 is 5.32 Å². The van der Waals surface area contributed by atoms with Crippen LogP contribution in [0.4, 0.5) is 4.79 Å². The van der Waals surface area contributed by atoms with Crippen molar-refractivity contribution >= 4 is 6.09 Å². The molecule has 0 aromatic rings. The lowest BCUT2D eigenvalue weighted by Gasteiger charge is -2.50. The molecule has 19 heavy (non-hydrogen) atoms. The average Bonchev–Trinajstić information content (AvgIpc) is 1.87. The molecule has 1 aliphatic rings. The molecule has 1 N–H and O–H groups in total. The van der Waals surface area contributed by atoms with E-state index in [1.807, 2.05) is 20.8 Å². The van der Waals surface area contributed by atoms with Crippen LogP contribution in [0.2, 0.25) is 0 Å². The van der Waals surface area contributed by atoms with E-state index >= 15 is 0 Å². The molecule has 0 unspecified atom stereocenters. The molecule has 3 nitrogen and oxygen atoms in total. The molecule has 1 fully saturated rings. The van der Waals surface area contributed by atoms with Gasteiger partial charge in [-0.25, -0.2) is 4.79 Å². The first-order chi connectivity index (χ1) is 8.22. The highest BCUT2D eigenvalue weighted by atomic mass is 16.6. The molecule has 0 aromatic heterocycles. The van der Waals surface area contributed by atoms with Gasteiger partial charge in [0.25, 0.3) is 0 Å². The van der Waals surface area contributed by atoms with Gasteiger partial charge < -0.3 is 10.1 Å². The zero-order valence-corrected chi connectivity index (χ0v) is 13.9. The van der Waals surface area contributed by atoms with Crippen molar-refractivity contribution in [2.45, 2.75) is 85.8 Å². The van der Waals surface area contributed by atoms with Crippen LogP contribution in [-0.2, 0) is 4.74 Å². The average molecular weight is 269 g/mol. The van der Waals surface area contributed by atoms with Crippen LogP contribution >= 0.6 is 0 Å². The van der Waals surface area contributed by atoms with Crippen LogP contribution in [0.5, 0.6) is 0 Å². The normalized spacial score (nSPS) is 24.6. The molecule has 1 aliphatic carbocycles. The Balaban J connectivity index is 2.77. The van der Waals surface area contributed by atoms with E-state index in [1.165, 1.54) is 6.42 Å². The Morgan fingerprint density at radius 3 is 1.74 bits per heavy atom. The maximum absolute atomic E-state index is 12.0. The molecule has 0 atom stereocenters. The summed E-state index contributed by atoms with van der Waals surface area (Å²) in [5, 5.41) is 3.10. The fourth-order valence-electron chi connectivity index (χ4n) is 4.23. The van der Waals surface area contributed by atoms with Gasteiger partial charge in [0.2, 0.25) is 0 Å².